The first kappa shape index (κ1) is 15.3. The molecule has 0 aromatic rings. The first-order valence-corrected chi connectivity index (χ1v) is 7.97. The number of piperazine rings is 1. The van der Waals surface area contributed by atoms with Crippen molar-refractivity contribution in [2.45, 2.75) is 71.9 Å². The van der Waals surface area contributed by atoms with Gasteiger partial charge in [-0.15, -0.1) is 0 Å². The lowest BCUT2D eigenvalue weighted by Crippen LogP contribution is -2.68. The van der Waals surface area contributed by atoms with E-state index in [4.69, 9.17) is 0 Å². The molecule has 2 rings (SSSR count). The molecule has 1 aliphatic heterocycles. The van der Waals surface area contributed by atoms with Crippen LogP contribution in [-0.4, -0.2) is 35.3 Å². The number of nitrogens with one attached hydrogen (secondary N) is 1. The van der Waals surface area contributed by atoms with Gasteiger partial charge in [0.05, 0.1) is 0 Å². The molecule has 1 aliphatic carbocycles. The molecule has 2 amide bonds. The third-order valence-corrected chi connectivity index (χ3v) is 4.72. The molecule has 4 heteroatoms. The van der Waals surface area contributed by atoms with Gasteiger partial charge in [-0.2, -0.15) is 0 Å². The normalized spacial score (nSPS) is 29.5. The fraction of sp³-hybridized carbons (Fsp3) is 0.875. The van der Waals surface area contributed by atoms with Crippen molar-refractivity contribution in [3.8, 4) is 0 Å². The van der Waals surface area contributed by atoms with Crippen LogP contribution in [0.5, 0.6) is 0 Å². The summed E-state index contributed by atoms with van der Waals surface area (Å²) in [6.45, 7) is 8.62. The number of nitrogens with zero attached hydrogens (tertiary/aromatic N) is 1. The van der Waals surface area contributed by atoms with Crippen molar-refractivity contribution in [3.63, 3.8) is 0 Å². The van der Waals surface area contributed by atoms with E-state index in [-0.39, 0.29) is 23.3 Å². The molecule has 114 valence electrons. The van der Waals surface area contributed by atoms with Crippen molar-refractivity contribution in [1.29, 1.82) is 0 Å². The molecule has 0 aromatic heterocycles. The van der Waals surface area contributed by atoms with E-state index < -0.39 is 6.04 Å². The van der Waals surface area contributed by atoms with Gasteiger partial charge < -0.3 is 10.2 Å². The quantitative estimate of drug-likeness (QED) is 0.844. The van der Waals surface area contributed by atoms with Crippen LogP contribution in [0.25, 0.3) is 0 Å². The fourth-order valence-electron chi connectivity index (χ4n) is 3.59. The molecule has 2 aliphatic rings. The van der Waals surface area contributed by atoms with Gasteiger partial charge in [0.2, 0.25) is 11.8 Å². The van der Waals surface area contributed by atoms with E-state index in [2.05, 4.69) is 5.32 Å². The summed E-state index contributed by atoms with van der Waals surface area (Å²) in [6, 6.07) is -0.638. The zero-order chi connectivity index (χ0) is 14.9. The Morgan fingerprint density at radius 3 is 2.25 bits per heavy atom. The predicted octanol–water partition coefficient (Wildman–Crippen LogP) is 2.33. The van der Waals surface area contributed by atoms with Gasteiger partial charge in [-0.1, -0.05) is 40.0 Å². The van der Waals surface area contributed by atoms with Gasteiger partial charge in [-0.25, -0.2) is 0 Å². The molecule has 2 fully saturated rings. The van der Waals surface area contributed by atoms with Crippen molar-refractivity contribution in [3.05, 3.63) is 0 Å². The van der Waals surface area contributed by atoms with Crippen LogP contribution in [-0.2, 0) is 9.59 Å². The zero-order valence-corrected chi connectivity index (χ0v) is 13.2. The third-order valence-electron chi connectivity index (χ3n) is 4.72. The van der Waals surface area contributed by atoms with E-state index in [0.717, 1.165) is 12.8 Å². The largest absolute Gasteiger partial charge is 0.342 e. The lowest BCUT2D eigenvalue weighted by Gasteiger charge is -2.46. The smallest absolute Gasteiger partial charge is 0.246 e. The Morgan fingerprint density at radius 1 is 1.15 bits per heavy atom. The molecule has 1 N–H and O–H groups in total. The predicted molar refractivity (Wildman–Crippen MR) is 79.1 cm³/mol. The number of likely N-dealkylation sites (N-methyl/N-ethyl adjacent to an activating group) is 1. The molecule has 20 heavy (non-hydrogen) atoms. The molecule has 0 radical (unpaired) electrons. The second kappa shape index (κ2) is 5.74. The molecule has 0 aromatic carbocycles. The van der Waals surface area contributed by atoms with Crippen molar-refractivity contribution in [1.82, 2.24) is 10.2 Å². The first-order valence-electron chi connectivity index (χ1n) is 7.97. The summed E-state index contributed by atoms with van der Waals surface area (Å²) in [5.41, 5.74) is -0.238. The highest BCUT2D eigenvalue weighted by atomic mass is 16.2. The van der Waals surface area contributed by atoms with Gasteiger partial charge in [-0.3, -0.25) is 9.59 Å². The van der Waals surface area contributed by atoms with Crippen molar-refractivity contribution in [2.75, 3.05) is 6.54 Å². The highest BCUT2D eigenvalue weighted by Crippen LogP contribution is 2.33. The summed E-state index contributed by atoms with van der Waals surface area (Å²) in [5, 5.41) is 2.99. The molecule has 2 unspecified atom stereocenters. The molecule has 2 atom stereocenters. The number of hydrogen-bond acceptors (Lipinski definition) is 2. The number of hydrogen-bond donors (Lipinski definition) is 1. The number of carbonyl (C=O) groups excluding carboxylic acids is 2. The van der Waals surface area contributed by atoms with Crippen LogP contribution in [0.1, 0.15) is 59.8 Å². The summed E-state index contributed by atoms with van der Waals surface area (Å²) in [7, 11) is 0. The Labute approximate surface area is 122 Å². The molecule has 1 saturated carbocycles. The maximum Gasteiger partial charge on any atom is 0.246 e. The molecular formula is C16H28N2O2. The minimum absolute atomic E-state index is 0.0540. The summed E-state index contributed by atoms with van der Waals surface area (Å²) in [5.74, 6) is 0.488. The lowest BCUT2D eigenvalue weighted by atomic mass is 9.78. The topological polar surface area (TPSA) is 49.4 Å². The van der Waals surface area contributed by atoms with E-state index >= 15 is 0 Å². The van der Waals surface area contributed by atoms with Crippen LogP contribution in [0.2, 0.25) is 0 Å². The number of carbonyl (C=O) groups is 2. The van der Waals surface area contributed by atoms with Crippen LogP contribution >= 0.6 is 0 Å². The second-order valence-electron chi connectivity index (χ2n) is 7.27. The highest BCUT2D eigenvalue weighted by molar-refractivity contribution is 5.97. The summed E-state index contributed by atoms with van der Waals surface area (Å²) >= 11 is 0. The first-order chi connectivity index (χ1) is 9.36. The number of rotatable bonds is 2. The highest BCUT2D eigenvalue weighted by Gasteiger charge is 2.47. The molecular weight excluding hydrogens is 252 g/mol. The summed E-state index contributed by atoms with van der Waals surface area (Å²) in [6.07, 6.45) is 5.77. The Kier molecular flexibility index (Phi) is 4.40. The number of amides is 2. The van der Waals surface area contributed by atoms with Crippen LogP contribution in [0.4, 0.5) is 0 Å². The SMILES string of the molecule is CCN1C(=O)C(C(C)(C)C)NC(=O)C1C1CCCCC1. The Balaban J connectivity index is 2.22. The monoisotopic (exact) mass is 280 g/mol. The van der Waals surface area contributed by atoms with E-state index in [0.29, 0.717) is 12.5 Å². The van der Waals surface area contributed by atoms with Crippen LogP contribution in [0.15, 0.2) is 0 Å². The average Bonchev–Trinajstić information content (AvgIpc) is 2.40. The van der Waals surface area contributed by atoms with Gasteiger partial charge in [0.25, 0.3) is 0 Å². The lowest BCUT2D eigenvalue weighted by molar-refractivity contribution is -0.155. The van der Waals surface area contributed by atoms with Crippen molar-refractivity contribution in [2.24, 2.45) is 11.3 Å². The maximum absolute atomic E-state index is 12.7. The molecule has 0 spiro atoms. The van der Waals surface area contributed by atoms with Gasteiger partial charge in [0, 0.05) is 6.54 Å². The summed E-state index contributed by atoms with van der Waals surface area (Å²) < 4.78 is 0. The Bertz CT molecular complexity index is 380. The average molecular weight is 280 g/mol. The zero-order valence-electron chi connectivity index (χ0n) is 13.2. The second-order valence-corrected chi connectivity index (χ2v) is 7.27. The standard InChI is InChI=1S/C16H28N2O2/c1-5-18-12(11-9-7-6-8-10-11)14(19)17-13(15(18)20)16(2,3)4/h11-13H,5-10H2,1-4H3,(H,17,19). The van der Waals surface area contributed by atoms with Gasteiger partial charge in [-0.05, 0) is 31.1 Å². The summed E-state index contributed by atoms with van der Waals surface area (Å²) in [4.78, 5) is 27.1. The van der Waals surface area contributed by atoms with Gasteiger partial charge in [0.1, 0.15) is 12.1 Å². The van der Waals surface area contributed by atoms with E-state index in [9.17, 15) is 9.59 Å². The minimum atomic E-state index is -0.394. The van der Waals surface area contributed by atoms with E-state index in [1.807, 2.05) is 32.6 Å². The Morgan fingerprint density at radius 2 is 1.75 bits per heavy atom. The molecule has 1 saturated heterocycles. The van der Waals surface area contributed by atoms with Crippen LogP contribution in [0.3, 0.4) is 0 Å². The van der Waals surface area contributed by atoms with E-state index in [1.165, 1.54) is 19.3 Å². The van der Waals surface area contributed by atoms with Crippen LogP contribution < -0.4 is 5.32 Å². The Hall–Kier alpha value is -1.06. The van der Waals surface area contributed by atoms with Crippen molar-refractivity contribution >= 4 is 11.8 Å². The maximum atomic E-state index is 12.7. The van der Waals surface area contributed by atoms with Gasteiger partial charge >= 0.3 is 0 Å². The van der Waals surface area contributed by atoms with Gasteiger partial charge in [0.15, 0.2) is 0 Å². The molecule has 1 heterocycles. The molecule has 0 bridgehead atoms. The third kappa shape index (κ3) is 2.84. The minimum Gasteiger partial charge on any atom is -0.342 e. The van der Waals surface area contributed by atoms with Crippen LogP contribution in [0, 0.1) is 11.3 Å². The van der Waals surface area contributed by atoms with E-state index in [1.54, 1.807) is 0 Å². The fourth-order valence-corrected chi connectivity index (χ4v) is 3.59. The van der Waals surface area contributed by atoms with Crippen molar-refractivity contribution < 1.29 is 9.59 Å². The molecule has 4 nitrogen and oxygen atoms in total.